The van der Waals surface area contributed by atoms with Crippen molar-refractivity contribution in [1.29, 1.82) is 0 Å². The topological polar surface area (TPSA) is 18.8 Å². The molecular weight excluding hydrogens is 278 g/mol. The molecule has 0 aromatic carbocycles. The lowest BCUT2D eigenvalue weighted by Crippen LogP contribution is -2.51. The van der Waals surface area contributed by atoms with Gasteiger partial charge in [0.15, 0.2) is 5.96 Å². The molecule has 0 fully saturated rings. The molecule has 0 saturated heterocycles. The fourth-order valence-corrected chi connectivity index (χ4v) is 2.74. The van der Waals surface area contributed by atoms with E-state index in [0.717, 1.165) is 25.3 Å². The molecule has 0 radical (unpaired) electrons. The minimum atomic E-state index is -0.00394. The van der Waals surface area contributed by atoms with E-state index < -0.39 is 0 Å². The second kappa shape index (κ2) is 7.96. The molecule has 0 heterocycles. The molecule has 0 aliphatic carbocycles. The average molecular weight is 306 g/mol. The van der Waals surface area contributed by atoms with Crippen molar-refractivity contribution in [3.8, 4) is 0 Å². The van der Waals surface area contributed by atoms with Gasteiger partial charge in [-0.15, -0.1) is 0 Å². The van der Waals surface area contributed by atoms with Crippen LogP contribution in [0.5, 0.6) is 0 Å². The summed E-state index contributed by atoms with van der Waals surface area (Å²) in [5, 5.41) is 0. The van der Waals surface area contributed by atoms with Gasteiger partial charge >= 0.3 is 0 Å². The number of hydrogen-bond acceptors (Lipinski definition) is 1. The van der Waals surface area contributed by atoms with E-state index in [0.29, 0.717) is 0 Å². The van der Waals surface area contributed by atoms with Crippen molar-refractivity contribution >= 4 is 21.9 Å². The quantitative estimate of drug-likeness (QED) is 0.323. The summed E-state index contributed by atoms with van der Waals surface area (Å²) in [5.74, 6) is 1.05. The summed E-state index contributed by atoms with van der Waals surface area (Å²) in [6.07, 6.45) is 4.67. The van der Waals surface area contributed by atoms with Crippen LogP contribution in [0.3, 0.4) is 0 Å². The predicted molar refractivity (Wildman–Crippen MR) is 80.9 cm³/mol. The van der Waals surface area contributed by atoms with E-state index in [9.17, 15) is 0 Å². The highest BCUT2D eigenvalue weighted by molar-refractivity contribution is 9.10. The Labute approximate surface area is 115 Å². The van der Waals surface area contributed by atoms with E-state index in [1.807, 2.05) is 7.05 Å². The monoisotopic (exact) mass is 305 g/mol. The molecule has 4 heteroatoms. The van der Waals surface area contributed by atoms with Gasteiger partial charge in [-0.3, -0.25) is 4.99 Å². The van der Waals surface area contributed by atoms with E-state index >= 15 is 0 Å². The lowest BCUT2D eigenvalue weighted by Gasteiger charge is -2.41. The fraction of sp³-hybridized carbons (Fsp3) is 0.923. The first-order valence-corrected chi connectivity index (χ1v) is 7.30. The second-order valence-electron chi connectivity index (χ2n) is 4.82. The van der Waals surface area contributed by atoms with Crippen LogP contribution in [-0.2, 0) is 0 Å². The number of guanidine groups is 1. The summed E-state index contributed by atoms with van der Waals surface area (Å²) < 4.78 is -0.00394. The Morgan fingerprint density at radius 1 is 1.24 bits per heavy atom. The van der Waals surface area contributed by atoms with Crippen molar-refractivity contribution in [2.24, 2.45) is 4.99 Å². The molecule has 0 aliphatic heterocycles. The van der Waals surface area contributed by atoms with Gasteiger partial charge in [0.05, 0.1) is 4.45 Å². The van der Waals surface area contributed by atoms with E-state index in [1.54, 1.807) is 0 Å². The zero-order valence-electron chi connectivity index (χ0n) is 12.3. The van der Waals surface area contributed by atoms with Gasteiger partial charge in [0, 0.05) is 27.7 Å². The number of aliphatic imine (C=N–C) groups is 1. The first-order valence-electron chi connectivity index (χ1n) is 6.51. The molecule has 1 unspecified atom stereocenters. The van der Waals surface area contributed by atoms with Crippen molar-refractivity contribution in [3.05, 3.63) is 0 Å². The molecule has 0 bridgehead atoms. The van der Waals surface area contributed by atoms with Crippen molar-refractivity contribution in [1.82, 2.24) is 9.80 Å². The number of rotatable bonds is 6. The standard InChI is InChI=1S/C13H28BrN3/c1-7-9-11-17(12(15-4)16(5)6)13(3,14)10-8-2/h7-11H2,1-6H3. The summed E-state index contributed by atoms with van der Waals surface area (Å²) in [6, 6.07) is 0. The maximum absolute atomic E-state index is 4.43. The molecule has 0 aromatic rings. The number of hydrogen-bond donors (Lipinski definition) is 0. The van der Waals surface area contributed by atoms with E-state index in [-0.39, 0.29) is 4.45 Å². The molecule has 0 aliphatic rings. The fourth-order valence-electron chi connectivity index (χ4n) is 2.01. The van der Waals surface area contributed by atoms with Gasteiger partial charge in [-0.05, 0) is 19.8 Å². The normalized spacial score (nSPS) is 15.6. The Balaban J connectivity index is 4.97. The maximum atomic E-state index is 4.43. The summed E-state index contributed by atoms with van der Waals surface area (Å²) >= 11 is 3.87. The second-order valence-corrected chi connectivity index (χ2v) is 6.52. The maximum Gasteiger partial charge on any atom is 0.196 e. The molecule has 0 aromatic heterocycles. The summed E-state index contributed by atoms with van der Waals surface area (Å²) in [4.78, 5) is 8.89. The van der Waals surface area contributed by atoms with Crippen molar-refractivity contribution in [2.75, 3.05) is 27.7 Å². The highest BCUT2D eigenvalue weighted by Gasteiger charge is 2.30. The summed E-state index contributed by atoms with van der Waals surface area (Å²) in [6.45, 7) is 7.72. The van der Waals surface area contributed by atoms with Crippen LogP contribution in [-0.4, -0.2) is 47.9 Å². The Kier molecular flexibility index (Phi) is 7.84. The molecule has 3 nitrogen and oxygen atoms in total. The highest BCUT2D eigenvalue weighted by atomic mass is 79.9. The van der Waals surface area contributed by atoms with E-state index in [1.165, 1.54) is 12.8 Å². The van der Waals surface area contributed by atoms with Crippen molar-refractivity contribution in [3.63, 3.8) is 0 Å². The smallest absolute Gasteiger partial charge is 0.196 e. The minimum Gasteiger partial charge on any atom is -0.349 e. The molecule has 17 heavy (non-hydrogen) atoms. The lowest BCUT2D eigenvalue weighted by atomic mass is 10.1. The Morgan fingerprint density at radius 3 is 2.18 bits per heavy atom. The van der Waals surface area contributed by atoms with E-state index in [4.69, 9.17) is 0 Å². The molecule has 102 valence electrons. The van der Waals surface area contributed by atoms with Crippen molar-refractivity contribution in [2.45, 2.75) is 50.9 Å². The number of unbranched alkanes of at least 4 members (excludes halogenated alkanes) is 1. The van der Waals surface area contributed by atoms with Gasteiger partial charge in [0.1, 0.15) is 0 Å². The van der Waals surface area contributed by atoms with Crippen LogP contribution in [0.25, 0.3) is 0 Å². The van der Waals surface area contributed by atoms with Crippen LogP contribution < -0.4 is 0 Å². The largest absolute Gasteiger partial charge is 0.349 e. The molecule has 0 spiro atoms. The molecule has 0 saturated carbocycles. The van der Waals surface area contributed by atoms with Gasteiger partial charge in [0.25, 0.3) is 0 Å². The first kappa shape index (κ1) is 16.8. The third-order valence-electron chi connectivity index (χ3n) is 2.85. The SMILES string of the molecule is CCCCN(C(=NC)N(C)C)C(C)(Br)CCC. The van der Waals surface area contributed by atoms with Gasteiger partial charge in [-0.25, -0.2) is 0 Å². The first-order chi connectivity index (χ1) is 7.90. The molecule has 0 N–H and O–H groups in total. The van der Waals surface area contributed by atoms with Crippen LogP contribution >= 0.6 is 15.9 Å². The number of halogens is 1. The Bertz CT molecular complexity index is 237. The summed E-state index contributed by atoms with van der Waals surface area (Å²) in [7, 11) is 5.97. The van der Waals surface area contributed by atoms with Gasteiger partial charge < -0.3 is 9.80 Å². The Morgan fingerprint density at radius 2 is 1.82 bits per heavy atom. The zero-order valence-corrected chi connectivity index (χ0v) is 13.8. The van der Waals surface area contributed by atoms with Crippen LogP contribution in [0.4, 0.5) is 0 Å². The summed E-state index contributed by atoms with van der Waals surface area (Å²) in [5.41, 5.74) is 0. The third-order valence-corrected chi connectivity index (χ3v) is 3.67. The average Bonchev–Trinajstić information content (AvgIpc) is 2.23. The predicted octanol–water partition coefficient (Wildman–Crippen LogP) is 3.55. The molecule has 0 rings (SSSR count). The third kappa shape index (κ3) is 5.28. The lowest BCUT2D eigenvalue weighted by molar-refractivity contribution is 0.253. The van der Waals surface area contributed by atoms with Crippen molar-refractivity contribution < 1.29 is 0 Å². The minimum absolute atomic E-state index is 0.00394. The van der Waals surface area contributed by atoms with E-state index in [2.05, 4.69) is 65.6 Å². The van der Waals surface area contributed by atoms with Crippen LogP contribution in [0.15, 0.2) is 4.99 Å². The van der Waals surface area contributed by atoms with Crippen LogP contribution in [0.2, 0.25) is 0 Å². The van der Waals surface area contributed by atoms with Crippen LogP contribution in [0, 0.1) is 0 Å². The van der Waals surface area contributed by atoms with Gasteiger partial charge in [-0.2, -0.15) is 0 Å². The van der Waals surface area contributed by atoms with Gasteiger partial charge in [-0.1, -0.05) is 42.6 Å². The molecule has 0 amide bonds. The Hall–Kier alpha value is -0.250. The van der Waals surface area contributed by atoms with Crippen LogP contribution in [0.1, 0.15) is 46.5 Å². The molecular formula is C13H28BrN3. The zero-order chi connectivity index (χ0) is 13.5. The van der Waals surface area contributed by atoms with Gasteiger partial charge in [0.2, 0.25) is 0 Å². The number of nitrogens with zero attached hydrogens (tertiary/aromatic N) is 3. The molecule has 1 atom stereocenters. The number of alkyl halides is 1. The highest BCUT2D eigenvalue weighted by Crippen LogP contribution is 2.29.